The van der Waals surface area contributed by atoms with E-state index >= 15 is 0 Å². The van der Waals surface area contributed by atoms with Crippen molar-refractivity contribution in [2.75, 3.05) is 26.2 Å². The number of likely N-dealkylation sites (tertiary alicyclic amines) is 1. The van der Waals surface area contributed by atoms with E-state index in [9.17, 15) is 15.0 Å². The SMILES string of the molecule is CCCCC[C@H](O)/C=C/[C@@H]1[C@H]2CC(CNCCC(=O)N3CCCCC3)=C[C@H]2C[C@H]1O. The quantitative estimate of drug-likeness (QED) is 0.355. The summed E-state index contributed by atoms with van der Waals surface area (Å²) >= 11 is 0. The zero-order valence-corrected chi connectivity index (χ0v) is 18.8. The van der Waals surface area contributed by atoms with Crippen LogP contribution < -0.4 is 5.32 Å². The first kappa shape index (κ1) is 23.5. The molecule has 5 nitrogen and oxygen atoms in total. The lowest BCUT2D eigenvalue weighted by Crippen LogP contribution is -2.37. The summed E-state index contributed by atoms with van der Waals surface area (Å²) < 4.78 is 0. The van der Waals surface area contributed by atoms with Crippen LogP contribution in [0.2, 0.25) is 0 Å². The van der Waals surface area contributed by atoms with Gasteiger partial charge in [-0.05, 0) is 50.4 Å². The van der Waals surface area contributed by atoms with E-state index in [-0.39, 0.29) is 17.9 Å². The van der Waals surface area contributed by atoms with Gasteiger partial charge in [0.2, 0.25) is 5.91 Å². The molecule has 0 aromatic carbocycles. The zero-order valence-electron chi connectivity index (χ0n) is 18.8. The van der Waals surface area contributed by atoms with Gasteiger partial charge in [-0.3, -0.25) is 4.79 Å². The number of aliphatic hydroxyl groups is 2. The minimum Gasteiger partial charge on any atom is -0.392 e. The van der Waals surface area contributed by atoms with Crippen molar-refractivity contribution in [2.24, 2.45) is 17.8 Å². The summed E-state index contributed by atoms with van der Waals surface area (Å²) in [5.74, 6) is 1.32. The Morgan fingerprint density at radius 1 is 1.30 bits per heavy atom. The molecule has 0 radical (unpaired) electrons. The molecule has 5 atom stereocenters. The van der Waals surface area contributed by atoms with Crippen LogP contribution in [0.15, 0.2) is 23.8 Å². The van der Waals surface area contributed by atoms with Crippen LogP contribution in [-0.2, 0) is 4.79 Å². The first-order valence-electron chi connectivity index (χ1n) is 12.3. The fourth-order valence-corrected chi connectivity index (χ4v) is 5.44. The van der Waals surface area contributed by atoms with E-state index in [0.717, 1.165) is 77.5 Å². The summed E-state index contributed by atoms with van der Waals surface area (Å²) in [7, 11) is 0. The van der Waals surface area contributed by atoms with Crippen LogP contribution in [0.5, 0.6) is 0 Å². The molecule has 1 heterocycles. The number of piperidine rings is 1. The molecule has 1 aliphatic heterocycles. The van der Waals surface area contributed by atoms with Gasteiger partial charge in [-0.25, -0.2) is 0 Å². The Balaban J connectivity index is 1.37. The molecule has 30 heavy (non-hydrogen) atoms. The molecule has 0 unspecified atom stereocenters. The van der Waals surface area contributed by atoms with Crippen molar-refractivity contribution in [1.29, 1.82) is 0 Å². The lowest BCUT2D eigenvalue weighted by atomic mass is 9.89. The maximum Gasteiger partial charge on any atom is 0.223 e. The first-order chi connectivity index (χ1) is 14.6. The molecule has 1 saturated carbocycles. The molecule has 1 amide bonds. The molecule has 3 N–H and O–H groups in total. The molecular weight excluding hydrogens is 376 g/mol. The fourth-order valence-electron chi connectivity index (χ4n) is 5.44. The second-order valence-corrected chi connectivity index (χ2v) is 9.55. The van der Waals surface area contributed by atoms with Crippen molar-refractivity contribution in [3.63, 3.8) is 0 Å². The van der Waals surface area contributed by atoms with E-state index in [1.807, 2.05) is 11.0 Å². The first-order valence-corrected chi connectivity index (χ1v) is 12.3. The van der Waals surface area contributed by atoms with E-state index in [4.69, 9.17) is 0 Å². The summed E-state index contributed by atoms with van der Waals surface area (Å²) in [5, 5.41) is 24.1. The number of nitrogens with one attached hydrogen (secondary N) is 1. The predicted molar refractivity (Wildman–Crippen MR) is 121 cm³/mol. The summed E-state index contributed by atoms with van der Waals surface area (Å²) in [5.41, 5.74) is 1.41. The largest absolute Gasteiger partial charge is 0.392 e. The number of hydrogen-bond donors (Lipinski definition) is 3. The minimum atomic E-state index is -0.393. The third kappa shape index (κ3) is 6.66. The van der Waals surface area contributed by atoms with Gasteiger partial charge in [-0.1, -0.05) is 50.0 Å². The average Bonchev–Trinajstić information content (AvgIpc) is 3.26. The number of unbranched alkanes of at least 4 members (excludes halogenated alkanes) is 2. The highest BCUT2D eigenvalue weighted by Gasteiger charge is 2.43. The van der Waals surface area contributed by atoms with E-state index in [1.54, 1.807) is 0 Å². The number of allylic oxidation sites excluding steroid dienone is 1. The zero-order chi connectivity index (χ0) is 21.3. The van der Waals surface area contributed by atoms with Crippen molar-refractivity contribution >= 4 is 5.91 Å². The standard InChI is InChI=1S/C25H42N2O3/c1-2-3-5-8-21(28)9-10-22-23-16-19(15-20(23)17-24(22)29)18-26-12-11-25(30)27-13-6-4-7-14-27/h9-10,15,20-24,26,28-29H,2-8,11-14,16-18H2,1H3/b10-9+/t20-,21-,22+,23-,24+/m0/s1. The number of fused-ring (bicyclic) bond motifs is 1. The van der Waals surface area contributed by atoms with Gasteiger partial charge in [0.05, 0.1) is 12.2 Å². The molecule has 0 aromatic rings. The lowest BCUT2D eigenvalue weighted by Gasteiger charge is -2.26. The normalized spacial score (nSPS) is 30.0. The molecular formula is C25H42N2O3. The topological polar surface area (TPSA) is 72.8 Å². The monoisotopic (exact) mass is 418 g/mol. The van der Waals surface area contributed by atoms with Gasteiger partial charge in [0.25, 0.3) is 0 Å². The second kappa shape index (κ2) is 12.0. The van der Waals surface area contributed by atoms with E-state index in [1.165, 1.54) is 12.0 Å². The Hall–Kier alpha value is -1.17. The summed E-state index contributed by atoms with van der Waals surface area (Å²) in [6, 6.07) is 0. The van der Waals surface area contributed by atoms with Gasteiger partial charge in [0.15, 0.2) is 0 Å². The summed E-state index contributed by atoms with van der Waals surface area (Å²) in [6.45, 7) is 5.60. The number of aliphatic hydroxyl groups excluding tert-OH is 2. The average molecular weight is 419 g/mol. The third-order valence-electron chi connectivity index (χ3n) is 7.19. The van der Waals surface area contributed by atoms with Gasteiger partial charge in [-0.15, -0.1) is 0 Å². The Morgan fingerprint density at radius 3 is 2.87 bits per heavy atom. The molecule has 3 rings (SSSR count). The Kier molecular flexibility index (Phi) is 9.41. The van der Waals surface area contributed by atoms with Gasteiger partial charge in [0, 0.05) is 38.5 Å². The van der Waals surface area contributed by atoms with Crippen LogP contribution >= 0.6 is 0 Å². The van der Waals surface area contributed by atoms with Crippen LogP contribution in [0, 0.1) is 17.8 Å². The highest BCUT2D eigenvalue weighted by atomic mass is 16.3. The van der Waals surface area contributed by atoms with Crippen LogP contribution in [0.3, 0.4) is 0 Å². The molecule has 0 bridgehead atoms. The fraction of sp³-hybridized carbons (Fsp3) is 0.800. The maximum absolute atomic E-state index is 12.3. The van der Waals surface area contributed by atoms with Crippen molar-refractivity contribution in [3.8, 4) is 0 Å². The third-order valence-corrected chi connectivity index (χ3v) is 7.19. The number of nitrogens with zero attached hydrogens (tertiary/aromatic N) is 1. The molecule has 2 aliphatic carbocycles. The molecule has 5 heteroatoms. The minimum absolute atomic E-state index is 0.144. The Labute approximate surface area is 182 Å². The molecule has 3 aliphatic rings. The van der Waals surface area contributed by atoms with Crippen molar-refractivity contribution < 1.29 is 15.0 Å². The summed E-state index contributed by atoms with van der Waals surface area (Å²) in [6.07, 6.45) is 15.8. The predicted octanol–water partition coefficient (Wildman–Crippen LogP) is 3.42. The van der Waals surface area contributed by atoms with Crippen molar-refractivity contribution in [1.82, 2.24) is 10.2 Å². The smallest absolute Gasteiger partial charge is 0.223 e. The van der Waals surface area contributed by atoms with Gasteiger partial charge in [-0.2, -0.15) is 0 Å². The van der Waals surface area contributed by atoms with Crippen LogP contribution in [-0.4, -0.2) is 59.4 Å². The summed E-state index contributed by atoms with van der Waals surface area (Å²) in [4.78, 5) is 14.3. The van der Waals surface area contributed by atoms with Crippen molar-refractivity contribution in [3.05, 3.63) is 23.8 Å². The highest BCUT2D eigenvalue weighted by Crippen LogP contribution is 2.47. The Morgan fingerprint density at radius 2 is 2.10 bits per heavy atom. The van der Waals surface area contributed by atoms with Crippen LogP contribution in [0.4, 0.5) is 0 Å². The molecule has 1 saturated heterocycles. The van der Waals surface area contributed by atoms with Gasteiger partial charge >= 0.3 is 0 Å². The lowest BCUT2D eigenvalue weighted by molar-refractivity contribution is -0.131. The number of carbonyl (C=O) groups excluding carboxylic acids is 1. The highest BCUT2D eigenvalue weighted by molar-refractivity contribution is 5.76. The molecule has 2 fully saturated rings. The number of hydrogen-bond acceptors (Lipinski definition) is 4. The van der Waals surface area contributed by atoms with Crippen LogP contribution in [0.1, 0.15) is 71.1 Å². The number of amides is 1. The van der Waals surface area contributed by atoms with Crippen LogP contribution in [0.25, 0.3) is 0 Å². The molecule has 0 aromatic heterocycles. The number of carbonyl (C=O) groups is 1. The second-order valence-electron chi connectivity index (χ2n) is 9.55. The molecule has 170 valence electrons. The number of rotatable bonds is 11. The maximum atomic E-state index is 12.3. The van der Waals surface area contributed by atoms with E-state index < -0.39 is 6.10 Å². The van der Waals surface area contributed by atoms with Gasteiger partial charge < -0.3 is 20.4 Å². The van der Waals surface area contributed by atoms with E-state index in [2.05, 4.69) is 24.4 Å². The molecule has 0 spiro atoms. The van der Waals surface area contributed by atoms with Crippen molar-refractivity contribution in [2.45, 2.75) is 83.3 Å². The van der Waals surface area contributed by atoms with E-state index in [0.29, 0.717) is 18.3 Å². The Bertz CT molecular complexity index is 597. The van der Waals surface area contributed by atoms with Gasteiger partial charge in [0.1, 0.15) is 0 Å².